The van der Waals surface area contributed by atoms with Crippen LogP contribution in [-0.2, 0) is 18.0 Å². The number of rotatable bonds is 9. The van der Waals surface area contributed by atoms with Gasteiger partial charge < -0.3 is 18.0 Å². The van der Waals surface area contributed by atoms with E-state index in [1.165, 1.54) is 0 Å². The van der Waals surface area contributed by atoms with Gasteiger partial charge in [0.25, 0.3) is 0 Å². The lowest BCUT2D eigenvalue weighted by molar-refractivity contribution is 0.0845. The molecule has 0 saturated carbocycles. The Morgan fingerprint density at radius 1 is 1.12 bits per heavy atom. The third-order valence-electron chi connectivity index (χ3n) is 3.99. The second-order valence-corrected chi connectivity index (χ2v) is 9.20. The summed E-state index contributed by atoms with van der Waals surface area (Å²) < 4.78 is 23.6. The van der Waals surface area contributed by atoms with Crippen molar-refractivity contribution in [1.29, 1.82) is 0 Å². The first kappa shape index (κ1) is 20.8. The fourth-order valence-corrected chi connectivity index (χ4v) is 5.03. The number of nitrogens with zero attached hydrogens (tertiary/aromatic N) is 1. The highest BCUT2D eigenvalue weighted by molar-refractivity contribution is 6.67. The summed E-state index contributed by atoms with van der Waals surface area (Å²) in [5.74, 6) is 0.698. The summed E-state index contributed by atoms with van der Waals surface area (Å²) in [5.41, 5.74) is 4.93. The summed E-state index contributed by atoms with van der Waals surface area (Å²) in [6.45, 7) is 14.3. The maximum absolute atomic E-state index is 5.91. The Hall–Kier alpha value is -1.47. The van der Waals surface area contributed by atoms with Gasteiger partial charge in [-0.1, -0.05) is 24.3 Å². The van der Waals surface area contributed by atoms with Crippen LogP contribution in [0.5, 0.6) is 0 Å². The Bertz CT molecular complexity index is 653. The fourth-order valence-electron chi connectivity index (χ4n) is 2.90. The largest absolute Gasteiger partial charge is 0.529 e. The summed E-state index contributed by atoms with van der Waals surface area (Å²) in [5, 5.41) is 0. The molecule has 0 radical (unpaired) electrons. The second-order valence-electron chi connectivity index (χ2n) is 6.79. The molecule has 1 aliphatic rings. The lowest BCUT2D eigenvalue weighted by atomic mass is 10.0. The monoisotopic (exact) mass is 377 g/mol. The molecule has 1 heterocycles. The van der Waals surface area contributed by atoms with Crippen LogP contribution in [0.4, 0.5) is 0 Å². The van der Waals surface area contributed by atoms with Crippen molar-refractivity contribution in [3.05, 3.63) is 40.6 Å². The normalized spacial score (nSPS) is 16.8. The Labute approximate surface area is 158 Å². The molecular formula is C20H31NO4Si. The highest BCUT2D eigenvalue weighted by atomic mass is 28.4. The minimum Gasteiger partial charge on any atom is -0.475 e. The number of hydrogen-bond acceptors (Lipinski definition) is 5. The standard InChI is InChI=1S/C20H31NO4Si/c1-7-23-26(24-8-2,25-9-3)14-13-17-12-10-11-16(4)18(17)19-21-20(5,6)15-22-19/h10-14H,7-9,15H2,1-6H3/b14-13+. The number of hydrogen-bond donors (Lipinski definition) is 0. The van der Waals surface area contributed by atoms with Gasteiger partial charge in [0.05, 0.1) is 5.54 Å². The van der Waals surface area contributed by atoms with Gasteiger partial charge in [0, 0.05) is 25.4 Å². The number of aryl methyl sites for hydroxylation is 1. The van der Waals surface area contributed by atoms with E-state index in [9.17, 15) is 0 Å². The Kier molecular flexibility index (Phi) is 7.17. The van der Waals surface area contributed by atoms with Gasteiger partial charge in [0.15, 0.2) is 0 Å². The molecule has 6 heteroatoms. The maximum atomic E-state index is 5.91. The molecule has 0 bridgehead atoms. The third kappa shape index (κ3) is 5.04. The molecule has 0 atom stereocenters. The van der Waals surface area contributed by atoms with E-state index < -0.39 is 8.80 Å². The number of benzene rings is 1. The molecule has 2 rings (SSSR count). The first-order chi connectivity index (χ1) is 12.4. The van der Waals surface area contributed by atoms with E-state index in [-0.39, 0.29) is 5.54 Å². The van der Waals surface area contributed by atoms with Crippen molar-refractivity contribution in [1.82, 2.24) is 0 Å². The van der Waals surface area contributed by atoms with Gasteiger partial charge in [-0.25, -0.2) is 4.99 Å². The minimum absolute atomic E-state index is 0.195. The van der Waals surface area contributed by atoms with Crippen LogP contribution in [-0.4, -0.2) is 46.7 Å². The summed E-state index contributed by atoms with van der Waals surface area (Å²) in [4.78, 5) is 4.74. The average Bonchev–Trinajstić information content (AvgIpc) is 2.93. The van der Waals surface area contributed by atoms with Crippen LogP contribution in [0.1, 0.15) is 51.3 Å². The molecule has 144 valence electrons. The first-order valence-electron chi connectivity index (χ1n) is 9.30. The molecule has 1 aromatic rings. The number of aliphatic imine (C=N–C) groups is 1. The van der Waals surface area contributed by atoms with Crippen molar-refractivity contribution < 1.29 is 18.0 Å². The minimum atomic E-state index is -2.85. The molecule has 0 N–H and O–H groups in total. The van der Waals surface area contributed by atoms with Crippen molar-refractivity contribution in [2.75, 3.05) is 26.4 Å². The van der Waals surface area contributed by atoms with E-state index in [1.807, 2.05) is 38.6 Å². The van der Waals surface area contributed by atoms with Crippen molar-refractivity contribution in [2.24, 2.45) is 4.99 Å². The van der Waals surface area contributed by atoms with Crippen LogP contribution in [0.3, 0.4) is 0 Å². The molecule has 0 saturated heterocycles. The molecule has 5 nitrogen and oxygen atoms in total. The molecule has 0 aromatic heterocycles. The Balaban J connectivity index is 2.42. The zero-order valence-electron chi connectivity index (χ0n) is 16.8. The van der Waals surface area contributed by atoms with Crippen LogP contribution < -0.4 is 0 Å². The Morgan fingerprint density at radius 3 is 2.23 bits per heavy atom. The summed E-state index contributed by atoms with van der Waals surface area (Å²) in [6.07, 6.45) is 2.02. The van der Waals surface area contributed by atoms with Crippen LogP contribution in [0, 0.1) is 6.92 Å². The van der Waals surface area contributed by atoms with Crippen LogP contribution in [0.25, 0.3) is 6.08 Å². The number of ether oxygens (including phenoxy) is 1. The van der Waals surface area contributed by atoms with Gasteiger partial charge in [-0.3, -0.25) is 0 Å². The predicted octanol–water partition coefficient (Wildman–Crippen LogP) is 4.15. The molecule has 0 fully saturated rings. The molecular weight excluding hydrogens is 346 g/mol. The van der Waals surface area contributed by atoms with Crippen molar-refractivity contribution in [3.63, 3.8) is 0 Å². The van der Waals surface area contributed by atoms with Gasteiger partial charge in [0.1, 0.15) is 6.61 Å². The molecule has 0 aliphatic carbocycles. The van der Waals surface area contributed by atoms with Gasteiger partial charge in [0.2, 0.25) is 5.90 Å². The lowest BCUT2D eigenvalue weighted by Crippen LogP contribution is -2.44. The fraction of sp³-hybridized carbons (Fsp3) is 0.550. The molecule has 0 unspecified atom stereocenters. The summed E-state index contributed by atoms with van der Waals surface area (Å²) in [6, 6.07) is 6.16. The highest BCUT2D eigenvalue weighted by Crippen LogP contribution is 2.26. The van der Waals surface area contributed by atoms with Crippen molar-refractivity contribution in [3.8, 4) is 0 Å². The van der Waals surface area contributed by atoms with Gasteiger partial charge in [-0.15, -0.1) is 0 Å². The summed E-state index contributed by atoms with van der Waals surface area (Å²) in [7, 11) is -2.85. The quantitative estimate of drug-likeness (QED) is 0.607. The van der Waals surface area contributed by atoms with Crippen molar-refractivity contribution >= 4 is 20.8 Å². The molecule has 0 spiro atoms. The summed E-state index contributed by atoms with van der Waals surface area (Å²) >= 11 is 0. The van der Waals surface area contributed by atoms with Gasteiger partial charge in [-0.05, 0) is 58.4 Å². The van der Waals surface area contributed by atoms with E-state index in [0.717, 1.165) is 16.7 Å². The molecule has 26 heavy (non-hydrogen) atoms. The zero-order chi connectivity index (χ0) is 19.2. The van der Waals surface area contributed by atoms with E-state index in [0.29, 0.717) is 32.3 Å². The predicted molar refractivity (Wildman–Crippen MR) is 107 cm³/mol. The SMILES string of the molecule is CCO[Si](/C=C/c1cccc(C)c1C1=NC(C)(C)CO1)(OCC)OCC. The maximum Gasteiger partial charge on any atom is 0.529 e. The van der Waals surface area contributed by atoms with Gasteiger partial charge >= 0.3 is 8.80 Å². The van der Waals surface area contributed by atoms with Crippen LogP contribution in [0.15, 0.2) is 28.9 Å². The van der Waals surface area contributed by atoms with E-state index in [4.69, 9.17) is 23.0 Å². The Morgan fingerprint density at radius 2 is 1.73 bits per heavy atom. The zero-order valence-corrected chi connectivity index (χ0v) is 17.8. The third-order valence-corrected chi connectivity index (χ3v) is 6.64. The smallest absolute Gasteiger partial charge is 0.475 e. The molecule has 1 aromatic carbocycles. The van der Waals surface area contributed by atoms with Crippen LogP contribution in [0.2, 0.25) is 0 Å². The van der Waals surface area contributed by atoms with Crippen molar-refractivity contribution in [2.45, 2.75) is 47.1 Å². The topological polar surface area (TPSA) is 49.3 Å². The lowest BCUT2D eigenvalue weighted by Gasteiger charge is -2.25. The molecule has 1 aliphatic heterocycles. The van der Waals surface area contributed by atoms with E-state index >= 15 is 0 Å². The first-order valence-corrected chi connectivity index (χ1v) is 11.1. The van der Waals surface area contributed by atoms with Gasteiger partial charge in [-0.2, -0.15) is 0 Å². The van der Waals surface area contributed by atoms with Crippen LogP contribution >= 0.6 is 0 Å². The highest BCUT2D eigenvalue weighted by Gasteiger charge is 2.37. The van der Waals surface area contributed by atoms with E-state index in [1.54, 1.807) is 0 Å². The average molecular weight is 378 g/mol. The van der Waals surface area contributed by atoms with E-state index in [2.05, 4.69) is 32.9 Å². The molecule has 0 amide bonds. The second kappa shape index (κ2) is 8.95.